The summed E-state index contributed by atoms with van der Waals surface area (Å²) in [6.45, 7) is 4.87. The van der Waals surface area contributed by atoms with E-state index in [1.807, 2.05) is 48.5 Å². The highest BCUT2D eigenvalue weighted by Gasteiger charge is 2.10. The van der Waals surface area contributed by atoms with Gasteiger partial charge in [0.25, 0.3) is 5.91 Å². The molecule has 0 heterocycles. The fraction of sp³-hybridized carbons (Fsp3) is 0.250. The summed E-state index contributed by atoms with van der Waals surface area (Å²) in [5, 5.41) is 2.11. The van der Waals surface area contributed by atoms with Crippen molar-refractivity contribution < 1.29 is 14.3 Å². The summed E-state index contributed by atoms with van der Waals surface area (Å²) in [5.74, 6) is 0.531. The zero-order valence-electron chi connectivity index (χ0n) is 16.8. The van der Waals surface area contributed by atoms with E-state index in [9.17, 15) is 9.59 Å². The molecule has 0 fully saturated rings. The standard InChI is InChI=1S/C24H26N2O3/c1-17(2)13-14-29-21-11-6-10-20(15-21)24(28)26-25-23(27)16-19-9-5-8-18-7-3-4-12-22(18)19/h3-12,15,17H,13-14,16H2,1-2H3,(H,25,27)(H,26,28). The Morgan fingerprint density at radius 1 is 0.931 bits per heavy atom. The SMILES string of the molecule is CC(C)CCOc1cccc(C(=O)NNC(=O)Cc2cccc3ccccc23)c1. The van der Waals surface area contributed by atoms with E-state index < -0.39 is 0 Å². The molecular weight excluding hydrogens is 364 g/mol. The fourth-order valence-electron chi connectivity index (χ4n) is 3.00. The summed E-state index contributed by atoms with van der Waals surface area (Å²) >= 11 is 0. The van der Waals surface area contributed by atoms with Crippen molar-refractivity contribution in [3.63, 3.8) is 0 Å². The topological polar surface area (TPSA) is 67.4 Å². The maximum absolute atomic E-state index is 12.4. The molecule has 0 aliphatic carbocycles. The number of ether oxygens (including phenoxy) is 1. The number of hydrogen-bond donors (Lipinski definition) is 2. The molecule has 0 aromatic heterocycles. The lowest BCUT2D eigenvalue weighted by molar-refractivity contribution is -0.121. The molecule has 3 aromatic carbocycles. The Kier molecular flexibility index (Phi) is 6.85. The van der Waals surface area contributed by atoms with E-state index in [-0.39, 0.29) is 18.2 Å². The number of carbonyl (C=O) groups is 2. The van der Waals surface area contributed by atoms with Crippen LogP contribution < -0.4 is 15.6 Å². The summed E-state index contributed by atoms with van der Waals surface area (Å²) in [7, 11) is 0. The molecule has 3 aromatic rings. The van der Waals surface area contributed by atoms with Gasteiger partial charge in [-0.3, -0.25) is 20.4 Å². The highest BCUT2D eigenvalue weighted by Crippen LogP contribution is 2.19. The number of hydrazine groups is 1. The van der Waals surface area contributed by atoms with Gasteiger partial charge in [-0.25, -0.2) is 0 Å². The smallest absolute Gasteiger partial charge is 0.269 e. The van der Waals surface area contributed by atoms with E-state index in [0.717, 1.165) is 22.8 Å². The Morgan fingerprint density at radius 2 is 1.69 bits per heavy atom. The summed E-state index contributed by atoms with van der Waals surface area (Å²) in [6.07, 6.45) is 1.13. The van der Waals surface area contributed by atoms with Gasteiger partial charge in [0.05, 0.1) is 13.0 Å². The highest BCUT2D eigenvalue weighted by atomic mass is 16.5. The molecule has 150 valence electrons. The Balaban J connectivity index is 1.55. The molecule has 5 heteroatoms. The maximum atomic E-state index is 12.4. The minimum Gasteiger partial charge on any atom is -0.494 e. The lowest BCUT2D eigenvalue weighted by Gasteiger charge is -2.11. The van der Waals surface area contributed by atoms with Crippen LogP contribution in [-0.4, -0.2) is 18.4 Å². The predicted molar refractivity (Wildman–Crippen MR) is 115 cm³/mol. The first-order chi connectivity index (χ1) is 14.0. The third-order valence-corrected chi connectivity index (χ3v) is 4.61. The van der Waals surface area contributed by atoms with Crippen LogP contribution in [0.5, 0.6) is 5.75 Å². The third kappa shape index (κ3) is 5.82. The second-order valence-corrected chi connectivity index (χ2v) is 7.38. The van der Waals surface area contributed by atoms with Crippen LogP contribution in [0.25, 0.3) is 10.8 Å². The Morgan fingerprint density at radius 3 is 2.52 bits per heavy atom. The average Bonchev–Trinajstić information content (AvgIpc) is 2.72. The van der Waals surface area contributed by atoms with Crippen LogP contribution in [-0.2, 0) is 11.2 Å². The van der Waals surface area contributed by atoms with Gasteiger partial charge < -0.3 is 4.74 Å². The van der Waals surface area contributed by atoms with E-state index in [0.29, 0.717) is 23.8 Å². The van der Waals surface area contributed by atoms with Crippen LogP contribution in [0.4, 0.5) is 0 Å². The largest absolute Gasteiger partial charge is 0.494 e. The Bertz CT molecular complexity index is 993. The zero-order chi connectivity index (χ0) is 20.6. The molecule has 3 rings (SSSR count). The van der Waals surface area contributed by atoms with Crippen LogP contribution in [0.15, 0.2) is 66.7 Å². The Labute approximate surface area is 171 Å². The van der Waals surface area contributed by atoms with Crippen molar-refractivity contribution in [3.8, 4) is 5.75 Å². The molecule has 0 aliphatic heterocycles. The van der Waals surface area contributed by atoms with Crippen LogP contribution in [0.3, 0.4) is 0 Å². The molecule has 0 spiro atoms. The number of benzene rings is 3. The fourth-order valence-corrected chi connectivity index (χ4v) is 3.00. The molecule has 0 saturated heterocycles. The lowest BCUT2D eigenvalue weighted by Crippen LogP contribution is -2.42. The predicted octanol–water partition coefficient (Wildman–Crippen LogP) is 4.27. The summed E-state index contributed by atoms with van der Waals surface area (Å²) < 4.78 is 5.69. The first-order valence-corrected chi connectivity index (χ1v) is 9.81. The minimum atomic E-state index is -0.384. The second-order valence-electron chi connectivity index (χ2n) is 7.38. The van der Waals surface area contributed by atoms with E-state index in [2.05, 4.69) is 24.7 Å². The van der Waals surface area contributed by atoms with Gasteiger partial charge in [0.15, 0.2) is 0 Å². The molecule has 0 unspecified atom stereocenters. The van der Waals surface area contributed by atoms with E-state index in [4.69, 9.17) is 4.74 Å². The van der Waals surface area contributed by atoms with Gasteiger partial charge in [-0.1, -0.05) is 62.4 Å². The van der Waals surface area contributed by atoms with Crippen LogP contribution in [0, 0.1) is 5.92 Å². The maximum Gasteiger partial charge on any atom is 0.269 e. The molecule has 0 bridgehead atoms. The Hall–Kier alpha value is -3.34. The summed E-state index contributed by atoms with van der Waals surface area (Å²) in [5.41, 5.74) is 6.31. The van der Waals surface area contributed by atoms with Gasteiger partial charge in [-0.05, 0) is 46.9 Å². The number of rotatable bonds is 7. The second kappa shape index (κ2) is 9.73. The molecule has 0 atom stereocenters. The van der Waals surface area contributed by atoms with Crippen LogP contribution >= 0.6 is 0 Å². The van der Waals surface area contributed by atoms with Crippen LogP contribution in [0.2, 0.25) is 0 Å². The van der Waals surface area contributed by atoms with Crippen molar-refractivity contribution in [3.05, 3.63) is 77.9 Å². The van der Waals surface area contributed by atoms with E-state index >= 15 is 0 Å². The number of hydrogen-bond acceptors (Lipinski definition) is 3. The van der Waals surface area contributed by atoms with Gasteiger partial charge in [0, 0.05) is 5.56 Å². The summed E-state index contributed by atoms with van der Waals surface area (Å²) in [4.78, 5) is 24.7. The molecule has 0 radical (unpaired) electrons. The molecule has 2 N–H and O–H groups in total. The number of amides is 2. The third-order valence-electron chi connectivity index (χ3n) is 4.61. The van der Waals surface area contributed by atoms with Crippen molar-refractivity contribution in [2.75, 3.05) is 6.61 Å². The van der Waals surface area contributed by atoms with E-state index in [1.54, 1.807) is 18.2 Å². The molecule has 2 amide bonds. The normalized spacial score (nSPS) is 10.7. The molecule has 0 saturated carbocycles. The molecule has 5 nitrogen and oxygen atoms in total. The first-order valence-electron chi connectivity index (χ1n) is 9.81. The van der Waals surface area contributed by atoms with Crippen molar-refractivity contribution >= 4 is 22.6 Å². The van der Waals surface area contributed by atoms with Crippen LogP contribution in [0.1, 0.15) is 36.2 Å². The lowest BCUT2D eigenvalue weighted by atomic mass is 10.0. The monoisotopic (exact) mass is 390 g/mol. The molecule has 0 aliphatic rings. The molecular formula is C24H26N2O3. The quantitative estimate of drug-likeness (QED) is 0.592. The first kappa shape index (κ1) is 20.4. The van der Waals surface area contributed by atoms with Gasteiger partial charge >= 0.3 is 0 Å². The summed E-state index contributed by atoms with van der Waals surface area (Å²) in [6, 6.07) is 20.7. The van der Waals surface area contributed by atoms with Gasteiger partial charge in [-0.15, -0.1) is 0 Å². The molecule has 29 heavy (non-hydrogen) atoms. The number of fused-ring (bicyclic) bond motifs is 1. The van der Waals surface area contributed by atoms with Crippen molar-refractivity contribution in [2.45, 2.75) is 26.7 Å². The highest BCUT2D eigenvalue weighted by molar-refractivity contribution is 5.96. The van der Waals surface area contributed by atoms with E-state index in [1.165, 1.54) is 0 Å². The number of carbonyl (C=O) groups excluding carboxylic acids is 2. The van der Waals surface area contributed by atoms with Gasteiger partial charge in [0.1, 0.15) is 5.75 Å². The van der Waals surface area contributed by atoms with Gasteiger partial charge in [0.2, 0.25) is 5.91 Å². The van der Waals surface area contributed by atoms with Crippen molar-refractivity contribution in [1.29, 1.82) is 0 Å². The van der Waals surface area contributed by atoms with Gasteiger partial charge in [-0.2, -0.15) is 0 Å². The van der Waals surface area contributed by atoms with Crippen molar-refractivity contribution in [2.24, 2.45) is 5.92 Å². The number of nitrogens with one attached hydrogen (secondary N) is 2. The zero-order valence-corrected chi connectivity index (χ0v) is 16.8. The minimum absolute atomic E-state index is 0.181. The van der Waals surface area contributed by atoms with Crippen molar-refractivity contribution in [1.82, 2.24) is 10.9 Å². The average molecular weight is 390 g/mol.